The summed E-state index contributed by atoms with van der Waals surface area (Å²) in [5, 5.41) is 12.0. The maximum Gasteiger partial charge on any atom is 0.309 e. The minimum absolute atomic E-state index is 0.0148. The Morgan fingerprint density at radius 1 is 1.06 bits per heavy atom. The summed E-state index contributed by atoms with van der Waals surface area (Å²) in [6, 6.07) is 0. The minimum Gasteiger partial charge on any atom is -0.462 e. The Kier molecular flexibility index (Phi) is 6.13. The van der Waals surface area contributed by atoms with Crippen LogP contribution in [0.3, 0.4) is 0 Å². The van der Waals surface area contributed by atoms with Gasteiger partial charge in [0.25, 0.3) is 0 Å². The number of carbonyl (C=O) groups excluding carboxylic acids is 1. The lowest BCUT2D eigenvalue weighted by Gasteiger charge is -2.54. The first-order valence-corrected chi connectivity index (χ1v) is 12.8. The number of ether oxygens (including phenoxy) is 5. The molecule has 0 radical (unpaired) electrons. The monoisotopic (exact) mass is 466 g/mol. The van der Waals surface area contributed by atoms with E-state index in [0.29, 0.717) is 30.1 Å². The van der Waals surface area contributed by atoms with Crippen molar-refractivity contribution in [2.45, 2.75) is 89.1 Å². The summed E-state index contributed by atoms with van der Waals surface area (Å²) in [4.78, 5) is 12.3. The van der Waals surface area contributed by atoms with E-state index in [-0.39, 0.29) is 49.0 Å². The van der Waals surface area contributed by atoms with Crippen molar-refractivity contribution < 1.29 is 33.6 Å². The van der Waals surface area contributed by atoms with Crippen LogP contribution in [0.2, 0.25) is 0 Å². The van der Waals surface area contributed by atoms with Gasteiger partial charge >= 0.3 is 5.97 Å². The van der Waals surface area contributed by atoms with Crippen LogP contribution in [0.1, 0.15) is 65.7 Å². The van der Waals surface area contributed by atoms with Crippen molar-refractivity contribution in [3.8, 4) is 0 Å². The lowest BCUT2D eigenvalue weighted by atomic mass is 9.53. The number of hydrogen-bond acceptors (Lipinski definition) is 7. The molecule has 0 unspecified atom stereocenters. The summed E-state index contributed by atoms with van der Waals surface area (Å²) in [6.45, 7) is 7.13. The predicted octanol–water partition coefficient (Wildman–Crippen LogP) is 3.52. The molecular weight excluding hydrogens is 424 g/mol. The number of aliphatic hydroxyl groups is 1. The summed E-state index contributed by atoms with van der Waals surface area (Å²) in [5.41, 5.74) is -1.22. The van der Waals surface area contributed by atoms with Crippen LogP contribution in [0.5, 0.6) is 0 Å². The van der Waals surface area contributed by atoms with Gasteiger partial charge in [-0.25, -0.2) is 0 Å². The molecule has 5 rings (SSSR count). The molecule has 1 heterocycles. The Labute approximate surface area is 197 Å². The molecule has 7 nitrogen and oxygen atoms in total. The van der Waals surface area contributed by atoms with Gasteiger partial charge in [0, 0.05) is 32.5 Å². The number of fused-ring (bicyclic) bond motifs is 6. The first-order valence-electron chi connectivity index (χ1n) is 12.8. The zero-order chi connectivity index (χ0) is 23.6. The highest BCUT2D eigenvalue weighted by Gasteiger charge is 2.68. The lowest BCUT2D eigenvalue weighted by molar-refractivity contribution is -0.215. The second-order valence-corrected chi connectivity index (χ2v) is 12.0. The molecule has 5 aliphatic rings. The van der Waals surface area contributed by atoms with Crippen molar-refractivity contribution in [2.75, 3.05) is 27.8 Å². The summed E-state index contributed by atoms with van der Waals surface area (Å²) in [5.74, 6) is 1.50. The van der Waals surface area contributed by atoms with Crippen molar-refractivity contribution in [3.63, 3.8) is 0 Å². The van der Waals surface area contributed by atoms with Crippen molar-refractivity contribution in [1.82, 2.24) is 0 Å². The Hall–Kier alpha value is -0.730. The molecular formula is C26H42O7. The number of hydrogen-bond donors (Lipinski definition) is 1. The highest BCUT2D eigenvalue weighted by atomic mass is 16.7. The maximum absolute atomic E-state index is 12.3. The average Bonchev–Trinajstić information content (AvgIpc) is 3.36. The molecule has 5 fully saturated rings. The molecule has 1 saturated heterocycles. The Bertz CT molecular complexity index is 759. The molecule has 1 N–H and O–H groups in total. The van der Waals surface area contributed by atoms with E-state index in [2.05, 4.69) is 20.8 Å². The molecule has 0 spiro atoms. The minimum atomic E-state index is -0.817. The molecule has 7 heteroatoms. The third-order valence-electron chi connectivity index (χ3n) is 10.7. The molecule has 1 aliphatic heterocycles. The van der Waals surface area contributed by atoms with E-state index in [0.717, 1.165) is 38.5 Å². The van der Waals surface area contributed by atoms with Crippen molar-refractivity contribution in [2.24, 2.45) is 40.9 Å². The topological polar surface area (TPSA) is 83.5 Å². The van der Waals surface area contributed by atoms with Gasteiger partial charge in [-0.15, -0.1) is 0 Å². The molecule has 0 aromatic rings. The maximum atomic E-state index is 12.3. The zero-order valence-electron chi connectivity index (χ0n) is 20.9. The smallest absolute Gasteiger partial charge is 0.309 e. The third kappa shape index (κ3) is 3.52. The first-order chi connectivity index (χ1) is 15.7. The van der Waals surface area contributed by atoms with Crippen LogP contribution in [0.15, 0.2) is 0 Å². The largest absolute Gasteiger partial charge is 0.462 e. The van der Waals surface area contributed by atoms with E-state index in [4.69, 9.17) is 23.7 Å². The van der Waals surface area contributed by atoms with Crippen LogP contribution in [0.4, 0.5) is 0 Å². The van der Waals surface area contributed by atoms with Gasteiger partial charge in [-0.05, 0) is 68.6 Å². The molecule has 4 aliphatic carbocycles. The van der Waals surface area contributed by atoms with E-state index in [9.17, 15) is 9.90 Å². The average molecular weight is 467 g/mol. The predicted molar refractivity (Wildman–Crippen MR) is 120 cm³/mol. The fourth-order valence-corrected chi connectivity index (χ4v) is 9.35. The van der Waals surface area contributed by atoms with Gasteiger partial charge in [0.2, 0.25) is 0 Å². The SMILES string of the molecule is COCO[C@H]1C[C@@H]2[C@@](O)(CC[C@H]3[C@@H]4C[C@@H]5OC(=O)[C@@H](C)[C@@H]5[C@@]4(C)CC[C@@H]3[C@@]2(C)OCOC)C1. The van der Waals surface area contributed by atoms with Crippen LogP contribution in [-0.2, 0) is 28.5 Å². The van der Waals surface area contributed by atoms with Gasteiger partial charge in [0.05, 0.1) is 23.2 Å². The number of rotatable bonds is 6. The second kappa shape index (κ2) is 8.44. The molecule has 33 heavy (non-hydrogen) atoms. The molecule has 4 saturated carbocycles. The van der Waals surface area contributed by atoms with Crippen LogP contribution in [0, 0.1) is 40.9 Å². The zero-order valence-corrected chi connectivity index (χ0v) is 20.9. The van der Waals surface area contributed by atoms with Crippen molar-refractivity contribution in [3.05, 3.63) is 0 Å². The fourth-order valence-electron chi connectivity index (χ4n) is 9.35. The van der Waals surface area contributed by atoms with Gasteiger partial charge in [-0.3, -0.25) is 4.79 Å². The summed E-state index contributed by atoms with van der Waals surface area (Å²) >= 11 is 0. The Morgan fingerprint density at radius 3 is 2.55 bits per heavy atom. The van der Waals surface area contributed by atoms with E-state index in [1.165, 1.54) is 0 Å². The first kappa shape index (κ1) is 24.0. The van der Waals surface area contributed by atoms with Crippen LogP contribution >= 0.6 is 0 Å². The standard InChI is InChI=1S/C26H42O7/c1-15-22-20(33-23(15)27)11-19-17-6-9-26(28)12-16(31-13-29-4)10-21(26)25(3,32-14-30-5)18(17)7-8-24(19,22)2/h15-22,28H,6-14H2,1-5H3/t15-,16-,17+,18-,19-,20-,21-,22-,24-,25+,26+/m0/s1. The summed E-state index contributed by atoms with van der Waals surface area (Å²) in [7, 11) is 3.29. The molecule has 0 amide bonds. The van der Waals surface area contributed by atoms with E-state index < -0.39 is 11.2 Å². The van der Waals surface area contributed by atoms with E-state index in [1.54, 1.807) is 14.2 Å². The summed E-state index contributed by atoms with van der Waals surface area (Å²) in [6.07, 6.45) is 6.20. The molecule has 11 atom stereocenters. The number of methoxy groups -OCH3 is 2. The number of esters is 1. The van der Waals surface area contributed by atoms with E-state index >= 15 is 0 Å². The van der Waals surface area contributed by atoms with Gasteiger partial charge in [-0.1, -0.05) is 13.8 Å². The molecule has 0 bridgehead atoms. The quantitative estimate of drug-likeness (QED) is 0.474. The second-order valence-electron chi connectivity index (χ2n) is 12.0. The summed E-state index contributed by atoms with van der Waals surface area (Å²) < 4.78 is 28.9. The highest BCUT2D eigenvalue weighted by molar-refractivity contribution is 5.75. The van der Waals surface area contributed by atoms with Gasteiger partial charge in [0.1, 0.15) is 19.7 Å². The van der Waals surface area contributed by atoms with Gasteiger partial charge in [0.15, 0.2) is 0 Å². The lowest BCUT2D eigenvalue weighted by Crippen LogP contribution is -2.56. The third-order valence-corrected chi connectivity index (χ3v) is 10.7. The Balaban J connectivity index is 1.47. The normalized spacial score (nSPS) is 53.1. The molecule has 0 aromatic heterocycles. The van der Waals surface area contributed by atoms with Gasteiger partial charge in [-0.2, -0.15) is 0 Å². The van der Waals surface area contributed by atoms with Crippen LogP contribution in [0.25, 0.3) is 0 Å². The van der Waals surface area contributed by atoms with Crippen molar-refractivity contribution >= 4 is 5.97 Å². The Morgan fingerprint density at radius 2 is 1.82 bits per heavy atom. The van der Waals surface area contributed by atoms with Crippen molar-refractivity contribution in [1.29, 1.82) is 0 Å². The van der Waals surface area contributed by atoms with E-state index in [1.807, 2.05) is 0 Å². The van der Waals surface area contributed by atoms with Crippen LogP contribution in [-0.4, -0.2) is 62.3 Å². The van der Waals surface area contributed by atoms with Gasteiger partial charge < -0.3 is 28.8 Å². The van der Waals surface area contributed by atoms with Crippen LogP contribution < -0.4 is 0 Å². The number of carbonyl (C=O) groups is 1. The highest BCUT2D eigenvalue weighted by Crippen LogP contribution is 2.68. The fraction of sp³-hybridized carbons (Fsp3) is 0.962. The molecule has 0 aromatic carbocycles. The molecule has 188 valence electrons.